The van der Waals surface area contributed by atoms with Gasteiger partial charge in [-0.25, -0.2) is 0 Å². The summed E-state index contributed by atoms with van der Waals surface area (Å²) in [6.45, 7) is 7.05. The van der Waals surface area contributed by atoms with Crippen LogP contribution in [0.25, 0.3) is 0 Å². The third-order valence-corrected chi connectivity index (χ3v) is 3.44. The number of nitrogens with zero attached hydrogens (tertiary/aromatic N) is 1. The zero-order chi connectivity index (χ0) is 12.6. The molecule has 92 valence electrons. The van der Waals surface area contributed by atoms with Crippen LogP contribution in [0.3, 0.4) is 0 Å². The minimum absolute atomic E-state index is 0.170. The van der Waals surface area contributed by atoms with Crippen molar-refractivity contribution in [3.8, 4) is 0 Å². The molecule has 1 unspecified atom stereocenters. The van der Waals surface area contributed by atoms with Crippen LogP contribution >= 0.6 is 0 Å². The molecule has 1 aromatic carbocycles. The quantitative estimate of drug-likeness (QED) is 0.867. The van der Waals surface area contributed by atoms with Crippen molar-refractivity contribution in [1.29, 1.82) is 0 Å². The van der Waals surface area contributed by atoms with Gasteiger partial charge in [-0.05, 0) is 38.4 Å². The highest BCUT2D eigenvalue weighted by atomic mass is 16.2. The summed E-state index contributed by atoms with van der Waals surface area (Å²) in [6, 6.07) is 4.03. The number of anilines is 1. The number of benzene rings is 1. The summed E-state index contributed by atoms with van der Waals surface area (Å²) in [5, 5.41) is 3.14. The van der Waals surface area contributed by atoms with Crippen molar-refractivity contribution in [2.24, 2.45) is 0 Å². The number of fused-ring (bicyclic) bond motifs is 1. The summed E-state index contributed by atoms with van der Waals surface area (Å²) in [7, 11) is 1.85. The second-order valence-electron chi connectivity index (χ2n) is 4.67. The van der Waals surface area contributed by atoms with Gasteiger partial charge in [0.15, 0.2) is 0 Å². The second kappa shape index (κ2) is 4.49. The SMILES string of the molecule is CCCN1C(=O)C(NC)c2c(C)ccc(C)c21. The van der Waals surface area contributed by atoms with Crippen molar-refractivity contribution < 1.29 is 4.79 Å². The van der Waals surface area contributed by atoms with E-state index in [2.05, 4.69) is 38.2 Å². The normalized spacial score (nSPS) is 18.7. The number of likely N-dealkylation sites (N-methyl/N-ethyl adjacent to an activating group) is 1. The molecule has 1 atom stereocenters. The van der Waals surface area contributed by atoms with Gasteiger partial charge in [0.1, 0.15) is 6.04 Å². The molecule has 2 rings (SSSR count). The zero-order valence-electron chi connectivity index (χ0n) is 11.0. The number of hydrogen-bond acceptors (Lipinski definition) is 2. The van der Waals surface area contributed by atoms with Crippen LogP contribution in [0.5, 0.6) is 0 Å². The van der Waals surface area contributed by atoms with Gasteiger partial charge in [0, 0.05) is 12.1 Å². The first kappa shape index (κ1) is 12.1. The van der Waals surface area contributed by atoms with Gasteiger partial charge in [0.05, 0.1) is 5.69 Å². The fourth-order valence-corrected chi connectivity index (χ4v) is 2.64. The lowest BCUT2D eigenvalue weighted by molar-refractivity contribution is -0.119. The van der Waals surface area contributed by atoms with Crippen molar-refractivity contribution in [1.82, 2.24) is 5.32 Å². The number of hydrogen-bond donors (Lipinski definition) is 1. The van der Waals surface area contributed by atoms with Crippen molar-refractivity contribution in [2.45, 2.75) is 33.2 Å². The smallest absolute Gasteiger partial charge is 0.248 e. The molecule has 1 heterocycles. The Morgan fingerprint density at radius 1 is 1.29 bits per heavy atom. The molecular formula is C14H20N2O. The Hall–Kier alpha value is -1.35. The maximum Gasteiger partial charge on any atom is 0.248 e. The van der Waals surface area contributed by atoms with Gasteiger partial charge in [0.2, 0.25) is 5.91 Å². The minimum Gasteiger partial charge on any atom is -0.310 e. The molecule has 0 fully saturated rings. The van der Waals surface area contributed by atoms with Crippen molar-refractivity contribution in [3.63, 3.8) is 0 Å². The van der Waals surface area contributed by atoms with Gasteiger partial charge in [-0.3, -0.25) is 4.79 Å². The van der Waals surface area contributed by atoms with E-state index in [-0.39, 0.29) is 11.9 Å². The molecule has 0 aliphatic carbocycles. The molecular weight excluding hydrogens is 212 g/mol. The first-order valence-corrected chi connectivity index (χ1v) is 6.20. The summed E-state index contributed by atoms with van der Waals surface area (Å²) >= 11 is 0. The molecule has 0 saturated heterocycles. The number of carbonyl (C=O) groups is 1. The Kier molecular flexibility index (Phi) is 3.20. The summed E-state index contributed by atoms with van der Waals surface area (Å²) in [5.74, 6) is 0.182. The van der Waals surface area contributed by atoms with Crippen molar-refractivity contribution in [2.75, 3.05) is 18.5 Å². The average Bonchev–Trinajstić information content (AvgIpc) is 2.59. The maximum atomic E-state index is 12.4. The molecule has 0 spiro atoms. The first-order valence-electron chi connectivity index (χ1n) is 6.20. The molecule has 1 amide bonds. The van der Waals surface area contributed by atoms with E-state index in [0.717, 1.165) is 24.2 Å². The zero-order valence-corrected chi connectivity index (χ0v) is 11.0. The molecule has 1 N–H and O–H groups in total. The summed E-state index contributed by atoms with van der Waals surface area (Å²) in [5.41, 5.74) is 4.66. The fourth-order valence-electron chi connectivity index (χ4n) is 2.64. The van der Waals surface area contributed by atoms with Crippen LogP contribution in [-0.4, -0.2) is 19.5 Å². The van der Waals surface area contributed by atoms with E-state index < -0.39 is 0 Å². The standard InChI is InChI=1S/C14H20N2O/c1-5-8-16-13-10(3)7-6-9(2)11(13)12(15-4)14(16)17/h6-7,12,15H,5,8H2,1-4H3. The van der Waals surface area contributed by atoms with E-state index in [9.17, 15) is 4.79 Å². The van der Waals surface area contributed by atoms with E-state index >= 15 is 0 Å². The Morgan fingerprint density at radius 2 is 1.94 bits per heavy atom. The highest BCUT2D eigenvalue weighted by Gasteiger charge is 2.37. The van der Waals surface area contributed by atoms with Crippen LogP contribution in [0.1, 0.15) is 36.1 Å². The highest BCUT2D eigenvalue weighted by Crippen LogP contribution is 2.40. The second-order valence-corrected chi connectivity index (χ2v) is 4.67. The predicted molar refractivity (Wildman–Crippen MR) is 70.4 cm³/mol. The van der Waals surface area contributed by atoms with Crippen molar-refractivity contribution in [3.05, 3.63) is 28.8 Å². The van der Waals surface area contributed by atoms with Gasteiger partial charge < -0.3 is 10.2 Å². The molecule has 3 heteroatoms. The lowest BCUT2D eigenvalue weighted by Crippen LogP contribution is -2.33. The summed E-state index contributed by atoms with van der Waals surface area (Å²) in [4.78, 5) is 14.3. The summed E-state index contributed by atoms with van der Waals surface area (Å²) < 4.78 is 0. The Balaban J connectivity index is 2.60. The van der Waals surface area contributed by atoms with Gasteiger partial charge >= 0.3 is 0 Å². The van der Waals surface area contributed by atoms with Crippen LogP contribution in [-0.2, 0) is 4.79 Å². The Morgan fingerprint density at radius 3 is 2.53 bits per heavy atom. The molecule has 1 aromatic rings. The predicted octanol–water partition coefficient (Wildman–Crippen LogP) is 2.32. The molecule has 1 aliphatic heterocycles. The minimum atomic E-state index is -0.170. The van der Waals surface area contributed by atoms with Crippen molar-refractivity contribution >= 4 is 11.6 Å². The molecule has 3 nitrogen and oxygen atoms in total. The first-order chi connectivity index (χ1) is 8.11. The van der Waals surface area contributed by atoms with E-state index in [1.54, 1.807) is 0 Å². The van der Waals surface area contributed by atoms with Gasteiger partial charge in [-0.2, -0.15) is 0 Å². The van der Waals surface area contributed by atoms with E-state index in [1.807, 2.05) is 11.9 Å². The van der Waals surface area contributed by atoms with Crippen LogP contribution in [0, 0.1) is 13.8 Å². The van der Waals surface area contributed by atoms with Gasteiger partial charge in [0.25, 0.3) is 0 Å². The van der Waals surface area contributed by atoms with Crippen LogP contribution in [0.15, 0.2) is 12.1 Å². The monoisotopic (exact) mass is 232 g/mol. The lowest BCUT2D eigenvalue weighted by Gasteiger charge is -2.18. The highest BCUT2D eigenvalue weighted by molar-refractivity contribution is 6.05. The third kappa shape index (κ3) is 1.75. The van der Waals surface area contributed by atoms with Crippen LogP contribution in [0.2, 0.25) is 0 Å². The molecule has 0 bridgehead atoms. The van der Waals surface area contributed by atoms with E-state index in [0.29, 0.717) is 0 Å². The van der Waals surface area contributed by atoms with Crippen LogP contribution < -0.4 is 10.2 Å². The Labute approximate surface area is 103 Å². The van der Waals surface area contributed by atoms with E-state index in [1.165, 1.54) is 11.1 Å². The molecule has 0 radical (unpaired) electrons. The molecule has 0 aromatic heterocycles. The number of amides is 1. The average molecular weight is 232 g/mol. The fraction of sp³-hybridized carbons (Fsp3) is 0.500. The molecule has 1 aliphatic rings. The maximum absolute atomic E-state index is 12.4. The van der Waals surface area contributed by atoms with Gasteiger partial charge in [-0.1, -0.05) is 19.1 Å². The number of rotatable bonds is 3. The number of aryl methyl sites for hydroxylation is 2. The number of carbonyl (C=O) groups excluding carboxylic acids is 1. The molecule has 17 heavy (non-hydrogen) atoms. The van der Waals surface area contributed by atoms with Crippen LogP contribution in [0.4, 0.5) is 5.69 Å². The third-order valence-electron chi connectivity index (χ3n) is 3.44. The van der Waals surface area contributed by atoms with Gasteiger partial charge in [-0.15, -0.1) is 0 Å². The largest absolute Gasteiger partial charge is 0.310 e. The Bertz CT molecular complexity index is 454. The number of nitrogens with one attached hydrogen (secondary N) is 1. The van der Waals surface area contributed by atoms with E-state index in [4.69, 9.17) is 0 Å². The lowest BCUT2D eigenvalue weighted by atomic mass is 9.99. The topological polar surface area (TPSA) is 32.3 Å². The summed E-state index contributed by atoms with van der Waals surface area (Å²) in [6.07, 6.45) is 0.981. The molecule has 0 saturated carbocycles.